The Bertz CT molecular complexity index is 1660. The number of para-hydroxylation sites is 1. The average molecular weight is 562 g/mol. The predicted octanol–water partition coefficient (Wildman–Crippen LogP) is 2.87. The first kappa shape index (κ1) is 27.4. The number of benzene rings is 3. The van der Waals surface area contributed by atoms with Crippen molar-refractivity contribution in [1.82, 2.24) is 19.2 Å². The molecule has 0 saturated carbocycles. The molecule has 4 aromatic rings. The molecule has 1 aliphatic heterocycles. The summed E-state index contributed by atoms with van der Waals surface area (Å²) in [5, 5.41) is 23.9. The maximum absolute atomic E-state index is 13.5. The number of phenolic OH excluding ortho intramolecular Hbond substituents is 2. The van der Waals surface area contributed by atoms with Gasteiger partial charge in [0.1, 0.15) is 11.5 Å². The second-order valence-corrected chi connectivity index (χ2v) is 11.7. The maximum atomic E-state index is 13.5. The van der Waals surface area contributed by atoms with Crippen LogP contribution in [0.5, 0.6) is 11.5 Å². The Morgan fingerprint density at radius 2 is 1.68 bits per heavy atom. The minimum atomic E-state index is -3.75. The molecule has 0 radical (unpaired) electrons. The molecule has 1 aliphatic rings. The normalized spacial score (nSPS) is 15.1. The van der Waals surface area contributed by atoms with Crippen molar-refractivity contribution in [3.63, 3.8) is 0 Å². The lowest BCUT2D eigenvalue weighted by atomic mass is 10.1. The molecule has 3 aromatic carbocycles. The van der Waals surface area contributed by atoms with Crippen LogP contribution in [-0.4, -0.2) is 77.2 Å². The van der Waals surface area contributed by atoms with Crippen molar-refractivity contribution in [3.8, 4) is 11.5 Å². The molecular formula is C29H31N5O5S. The third-order valence-corrected chi connectivity index (χ3v) is 8.66. The van der Waals surface area contributed by atoms with Crippen molar-refractivity contribution >= 4 is 33.0 Å². The van der Waals surface area contributed by atoms with E-state index >= 15 is 0 Å². The summed E-state index contributed by atoms with van der Waals surface area (Å²) in [4.78, 5) is 16.9. The van der Waals surface area contributed by atoms with Crippen LogP contribution >= 0.6 is 0 Å². The molecule has 1 amide bonds. The zero-order valence-corrected chi connectivity index (χ0v) is 22.9. The molecule has 1 fully saturated rings. The summed E-state index contributed by atoms with van der Waals surface area (Å²) in [5.41, 5.74) is 5.42. The largest absolute Gasteiger partial charge is 0.508 e. The molecule has 208 valence electrons. The van der Waals surface area contributed by atoms with Crippen LogP contribution < -0.4 is 5.43 Å². The molecule has 2 heterocycles. The Morgan fingerprint density at radius 3 is 2.40 bits per heavy atom. The second-order valence-electron chi connectivity index (χ2n) is 9.87. The SMILES string of the molecule is Cc1ccc(S(=O)(=O)n2cc(CN3CCN(CC(=O)N/N=C\c4ccc(O)cc4O)CC3)c3ccccc32)cc1. The van der Waals surface area contributed by atoms with Gasteiger partial charge in [-0.2, -0.15) is 5.10 Å². The fourth-order valence-corrected chi connectivity index (χ4v) is 6.16. The Kier molecular flexibility index (Phi) is 7.88. The molecule has 40 heavy (non-hydrogen) atoms. The Labute approximate surface area is 232 Å². The van der Waals surface area contributed by atoms with Gasteiger partial charge in [0.2, 0.25) is 0 Å². The fourth-order valence-electron chi connectivity index (χ4n) is 4.77. The van der Waals surface area contributed by atoms with Gasteiger partial charge in [-0.15, -0.1) is 0 Å². The molecule has 1 saturated heterocycles. The van der Waals surface area contributed by atoms with Crippen molar-refractivity contribution in [3.05, 3.63) is 89.6 Å². The van der Waals surface area contributed by atoms with E-state index in [2.05, 4.69) is 15.4 Å². The molecule has 0 atom stereocenters. The zero-order chi connectivity index (χ0) is 28.3. The second kappa shape index (κ2) is 11.5. The standard InChI is InChI=1S/C29H31N5O5S/c1-21-6-10-25(11-7-21)40(38,39)34-19-23(26-4-2-3-5-27(26)34)18-32-12-14-33(15-13-32)20-29(37)31-30-17-22-8-9-24(35)16-28(22)36/h2-11,16-17,19,35-36H,12-15,18,20H2,1H3,(H,31,37)/b30-17-. The van der Waals surface area contributed by atoms with E-state index in [0.29, 0.717) is 30.7 Å². The molecule has 3 N–H and O–H groups in total. The van der Waals surface area contributed by atoms with Crippen LogP contribution in [0.2, 0.25) is 0 Å². The van der Waals surface area contributed by atoms with Gasteiger partial charge in [-0.05, 0) is 42.8 Å². The van der Waals surface area contributed by atoms with E-state index in [0.717, 1.165) is 29.6 Å². The molecule has 5 rings (SSSR count). The zero-order valence-electron chi connectivity index (χ0n) is 22.1. The maximum Gasteiger partial charge on any atom is 0.268 e. The number of amides is 1. The number of nitrogens with zero attached hydrogens (tertiary/aromatic N) is 4. The van der Waals surface area contributed by atoms with E-state index in [4.69, 9.17) is 0 Å². The summed E-state index contributed by atoms with van der Waals surface area (Å²) in [6.07, 6.45) is 3.05. The molecule has 0 aliphatic carbocycles. The molecule has 11 heteroatoms. The van der Waals surface area contributed by atoms with Crippen molar-refractivity contribution in [2.24, 2.45) is 5.10 Å². The summed E-state index contributed by atoms with van der Waals surface area (Å²) < 4.78 is 28.3. The number of aryl methyl sites for hydroxylation is 1. The summed E-state index contributed by atoms with van der Waals surface area (Å²) in [7, 11) is -3.75. The smallest absolute Gasteiger partial charge is 0.268 e. The van der Waals surface area contributed by atoms with Crippen LogP contribution in [0.1, 0.15) is 16.7 Å². The van der Waals surface area contributed by atoms with Crippen molar-refractivity contribution in [2.45, 2.75) is 18.4 Å². The Morgan fingerprint density at radius 1 is 0.975 bits per heavy atom. The number of nitrogens with one attached hydrogen (secondary N) is 1. The number of carbonyl (C=O) groups is 1. The predicted molar refractivity (Wildman–Crippen MR) is 153 cm³/mol. The number of hydrazone groups is 1. The van der Waals surface area contributed by atoms with Gasteiger partial charge in [-0.1, -0.05) is 35.9 Å². The van der Waals surface area contributed by atoms with Crippen LogP contribution in [0.3, 0.4) is 0 Å². The van der Waals surface area contributed by atoms with Crippen LogP contribution in [0.25, 0.3) is 10.9 Å². The van der Waals surface area contributed by atoms with E-state index < -0.39 is 10.0 Å². The number of fused-ring (bicyclic) bond motifs is 1. The quantitative estimate of drug-likeness (QED) is 0.223. The van der Waals surface area contributed by atoms with E-state index in [-0.39, 0.29) is 28.8 Å². The molecular weight excluding hydrogens is 530 g/mol. The number of carbonyl (C=O) groups excluding carboxylic acids is 1. The number of rotatable bonds is 8. The van der Waals surface area contributed by atoms with Crippen LogP contribution in [0.4, 0.5) is 0 Å². The average Bonchev–Trinajstić information content (AvgIpc) is 3.30. The van der Waals surface area contributed by atoms with Crippen molar-refractivity contribution < 1.29 is 23.4 Å². The Hall–Kier alpha value is -4.19. The minimum Gasteiger partial charge on any atom is -0.508 e. The van der Waals surface area contributed by atoms with Gasteiger partial charge >= 0.3 is 0 Å². The lowest BCUT2D eigenvalue weighted by Gasteiger charge is -2.34. The number of aromatic nitrogens is 1. The van der Waals surface area contributed by atoms with E-state index in [9.17, 15) is 23.4 Å². The number of piperazine rings is 1. The topological polar surface area (TPSA) is 127 Å². The molecule has 1 aromatic heterocycles. The van der Waals surface area contributed by atoms with E-state index in [1.54, 1.807) is 30.5 Å². The lowest BCUT2D eigenvalue weighted by molar-refractivity contribution is -0.122. The number of aromatic hydroxyl groups is 2. The first-order chi connectivity index (χ1) is 19.2. The monoisotopic (exact) mass is 561 g/mol. The van der Waals surface area contributed by atoms with E-state index in [1.807, 2.05) is 36.1 Å². The molecule has 0 bridgehead atoms. The lowest BCUT2D eigenvalue weighted by Crippen LogP contribution is -2.48. The number of hydrogen-bond acceptors (Lipinski definition) is 8. The third-order valence-electron chi connectivity index (χ3n) is 6.97. The van der Waals surface area contributed by atoms with Crippen LogP contribution in [0, 0.1) is 6.92 Å². The highest BCUT2D eigenvalue weighted by Gasteiger charge is 2.24. The summed E-state index contributed by atoms with van der Waals surface area (Å²) in [6.45, 7) is 5.50. The highest BCUT2D eigenvalue weighted by molar-refractivity contribution is 7.90. The Balaban J connectivity index is 1.20. The van der Waals surface area contributed by atoms with Crippen LogP contribution in [-0.2, 0) is 21.4 Å². The molecule has 0 spiro atoms. The minimum absolute atomic E-state index is 0.0594. The van der Waals surface area contributed by atoms with Crippen LogP contribution in [0.15, 0.2) is 82.9 Å². The summed E-state index contributed by atoms with van der Waals surface area (Å²) in [5.74, 6) is -0.465. The van der Waals surface area contributed by atoms with Gasteiger partial charge < -0.3 is 10.2 Å². The fraction of sp³-hybridized carbons (Fsp3) is 0.241. The van der Waals surface area contributed by atoms with Gasteiger partial charge in [0.25, 0.3) is 15.9 Å². The first-order valence-electron chi connectivity index (χ1n) is 12.9. The molecule has 10 nitrogen and oxygen atoms in total. The van der Waals surface area contributed by atoms with Gasteiger partial charge in [0.05, 0.1) is 23.2 Å². The van der Waals surface area contributed by atoms with Crippen molar-refractivity contribution in [2.75, 3.05) is 32.7 Å². The van der Waals surface area contributed by atoms with Gasteiger partial charge in [0.15, 0.2) is 0 Å². The van der Waals surface area contributed by atoms with Gasteiger partial charge in [-0.3, -0.25) is 14.6 Å². The summed E-state index contributed by atoms with van der Waals surface area (Å²) >= 11 is 0. The van der Waals surface area contributed by atoms with Gasteiger partial charge in [0, 0.05) is 55.9 Å². The highest BCUT2D eigenvalue weighted by Crippen LogP contribution is 2.27. The van der Waals surface area contributed by atoms with Crippen molar-refractivity contribution in [1.29, 1.82) is 0 Å². The number of phenols is 2. The summed E-state index contributed by atoms with van der Waals surface area (Å²) in [6, 6.07) is 18.5. The highest BCUT2D eigenvalue weighted by atomic mass is 32.2. The third kappa shape index (κ3) is 6.01. The molecule has 0 unspecified atom stereocenters. The first-order valence-corrected chi connectivity index (χ1v) is 14.3. The number of hydrogen-bond donors (Lipinski definition) is 3. The van der Waals surface area contributed by atoms with Gasteiger partial charge in [-0.25, -0.2) is 17.8 Å². The van der Waals surface area contributed by atoms with E-state index in [1.165, 1.54) is 28.4 Å².